The Morgan fingerprint density at radius 3 is 2.67 bits per heavy atom. The van der Waals surface area contributed by atoms with Crippen molar-refractivity contribution in [1.82, 2.24) is 9.88 Å². The molecule has 0 aliphatic carbocycles. The molecule has 1 aromatic heterocycles. The largest absolute Gasteiger partial charge is 0.481 e. The molecule has 2 N–H and O–H groups in total. The van der Waals surface area contributed by atoms with E-state index in [4.69, 9.17) is 5.11 Å². The third-order valence-electron chi connectivity index (χ3n) is 3.07. The molecule has 1 aromatic rings. The first-order chi connectivity index (χ1) is 9.99. The molecule has 0 aromatic carbocycles. The van der Waals surface area contributed by atoms with E-state index in [0.29, 0.717) is 32.4 Å². The van der Waals surface area contributed by atoms with Gasteiger partial charge in [-0.2, -0.15) is 0 Å². The monoisotopic (exact) mass is 294 g/mol. The second-order valence-electron chi connectivity index (χ2n) is 5.04. The lowest BCUT2D eigenvalue weighted by Gasteiger charge is -2.07. The summed E-state index contributed by atoms with van der Waals surface area (Å²) in [5, 5.41) is 11.1. The zero-order valence-electron chi connectivity index (χ0n) is 12.3. The van der Waals surface area contributed by atoms with Crippen LogP contribution in [0.1, 0.15) is 37.7 Å². The quantitative estimate of drug-likeness (QED) is 0.672. The van der Waals surface area contributed by atoms with Gasteiger partial charge in [0.15, 0.2) is 0 Å². The minimum Gasteiger partial charge on any atom is -0.481 e. The fourth-order valence-electron chi connectivity index (χ4n) is 1.95. The van der Waals surface area contributed by atoms with Crippen LogP contribution in [0.3, 0.4) is 0 Å². The van der Waals surface area contributed by atoms with Crippen molar-refractivity contribution >= 4 is 11.9 Å². The van der Waals surface area contributed by atoms with Gasteiger partial charge in [-0.15, -0.1) is 0 Å². The maximum absolute atomic E-state index is 11.6. The molecule has 0 unspecified atom stereocenters. The Morgan fingerprint density at radius 2 is 1.95 bits per heavy atom. The number of amides is 1. The van der Waals surface area contributed by atoms with E-state index in [1.165, 1.54) is 0 Å². The molecule has 0 aliphatic rings. The number of carboxylic acid groups (broad SMARTS) is 1. The summed E-state index contributed by atoms with van der Waals surface area (Å²) in [4.78, 5) is 33.4. The molecule has 1 rings (SSSR count). The normalized spacial score (nSPS) is 10.3. The van der Waals surface area contributed by atoms with Gasteiger partial charge in [-0.1, -0.05) is 6.07 Å². The summed E-state index contributed by atoms with van der Waals surface area (Å²) in [5.41, 5.74) is 1.00. The number of pyridine rings is 1. The number of aryl methyl sites for hydroxylation is 2. The Morgan fingerprint density at radius 1 is 1.19 bits per heavy atom. The van der Waals surface area contributed by atoms with Crippen LogP contribution < -0.4 is 10.9 Å². The molecule has 116 valence electrons. The number of nitrogens with one attached hydrogen (secondary N) is 1. The highest BCUT2D eigenvalue weighted by atomic mass is 16.4. The molecule has 0 atom stereocenters. The smallest absolute Gasteiger partial charge is 0.303 e. The average Bonchev–Trinajstić information content (AvgIpc) is 2.43. The zero-order chi connectivity index (χ0) is 15.7. The Balaban J connectivity index is 2.16. The van der Waals surface area contributed by atoms with Gasteiger partial charge in [0, 0.05) is 38.2 Å². The number of aliphatic carboxylic acids is 1. The molecule has 0 aliphatic heterocycles. The molecule has 0 bridgehead atoms. The van der Waals surface area contributed by atoms with Crippen LogP contribution in [-0.4, -0.2) is 28.1 Å². The SMILES string of the molecule is Cc1ccc(=O)n(CCCCC(=O)NCCCC(=O)O)c1. The highest BCUT2D eigenvalue weighted by Crippen LogP contribution is 2.00. The molecule has 0 fully saturated rings. The number of aromatic nitrogens is 1. The fourth-order valence-corrected chi connectivity index (χ4v) is 1.95. The first kappa shape index (κ1) is 16.9. The highest BCUT2D eigenvalue weighted by Gasteiger charge is 2.02. The lowest BCUT2D eigenvalue weighted by atomic mass is 10.2. The Hall–Kier alpha value is -2.11. The van der Waals surface area contributed by atoms with E-state index in [9.17, 15) is 14.4 Å². The maximum Gasteiger partial charge on any atom is 0.303 e. The number of hydrogen-bond donors (Lipinski definition) is 2. The number of hydrogen-bond acceptors (Lipinski definition) is 3. The second-order valence-corrected chi connectivity index (χ2v) is 5.04. The van der Waals surface area contributed by atoms with Crippen LogP contribution >= 0.6 is 0 Å². The molecule has 0 radical (unpaired) electrons. The van der Waals surface area contributed by atoms with E-state index in [-0.39, 0.29) is 17.9 Å². The molecule has 1 amide bonds. The Bertz CT molecular complexity index is 537. The molecule has 6 heteroatoms. The lowest BCUT2D eigenvalue weighted by molar-refractivity contribution is -0.137. The molecule has 1 heterocycles. The standard InChI is InChI=1S/C15H22N2O4/c1-12-7-8-14(19)17(11-12)10-3-2-5-13(18)16-9-4-6-15(20)21/h7-8,11H,2-6,9-10H2,1H3,(H,16,18)(H,20,21). The molecular formula is C15H22N2O4. The summed E-state index contributed by atoms with van der Waals surface area (Å²) in [5.74, 6) is -0.926. The molecule has 0 saturated heterocycles. The van der Waals surface area contributed by atoms with Gasteiger partial charge >= 0.3 is 5.97 Å². The summed E-state index contributed by atoms with van der Waals surface area (Å²) in [7, 11) is 0. The van der Waals surface area contributed by atoms with Gasteiger partial charge in [-0.3, -0.25) is 14.4 Å². The number of rotatable bonds is 9. The van der Waals surface area contributed by atoms with Gasteiger partial charge in [0.1, 0.15) is 0 Å². The van der Waals surface area contributed by atoms with Gasteiger partial charge in [-0.05, 0) is 31.7 Å². The first-order valence-corrected chi connectivity index (χ1v) is 7.14. The molecular weight excluding hydrogens is 272 g/mol. The predicted molar refractivity (Wildman–Crippen MR) is 79.2 cm³/mol. The van der Waals surface area contributed by atoms with E-state index in [0.717, 1.165) is 12.0 Å². The fraction of sp³-hybridized carbons (Fsp3) is 0.533. The first-order valence-electron chi connectivity index (χ1n) is 7.14. The van der Waals surface area contributed by atoms with Crippen molar-refractivity contribution in [2.24, 2.45) is 0 Å². The Labute approximate surface area is 123 Å². The summed E-state index contributed by atoms with van der Waals surface area (Å²) >= 11 is 0. The maximum atomic E-state index is 11.6. The average molecular weight is 294 g/mol. The van der Waals surface area contributed by atoms with E-state index in [1.807, 2.05) is 13.1 Å². The summed E-state index contributed by atoms with van der Waals surface area (Å²) in [6.07, 6.45) is 4.18. The van der Waals surface area contributed by atoms with Crippen LogP contribution in [0.5, 0.6) is 0 Å². The third-order valence-corrected chi connectivity index (χ3v) is 3.07. The number of carboxylic acids is 1. The van der Waals surface area contributed by atoms with Crippen LogP contribution in [0.15, 0.2) is 23.1 Å². The van der Waals surface area contributed by atoms with E-state index in [1.54, 1.807) is 16.7 Å². The summed E-state index contributed by atoms with van der Waals surface area (Å²) < 4.78 is 1.65. The van der Waals surface area contributed by atoms with Crippen molar-refractivity contribution in [2.75, 3.05) is 6.54 Å². The zero-order valence-corrected chi connectivity index (χ0v) is 12.3. The minimum absolute atomic E-state index is 0.0290. The van der Waals surface area contributed by atoms with Gasteiger partial charge in [0.2, 0.25) is 5.91 Å². The van der Waals surface area contributed by atoms with Crippen molar-refractivity contribution in [3.63, 3.8) is 0 Å². The van der Waals surface area contributed by atoms with Gasteiger partial charge in [0.05, 0.1) is 0 Å². The van der Waals surface area contributed by atoms with Crippen molar-refractivity contribution in [3.8, 4) is 0 Å². The van der Waals surface area contributed by atoms with Gasteiger partial charge < -0.3 is 15.0 Å². The number of carbonyl (C=O) groups excluding carboxylic acids is 1. The highest BCUT2D eigenvalue weighted by molar-refractivity contribution is 5.75. The van der Waals surface area contributed by atoms with Crippen molar-refractivity contribution in [2.45, 2.75) is 45.6 Å². The molecule has 21 heavy (non-hydrogen) atoms. The van der Waals surface area contributed by atoms with Gasteiger partial charge in [0.25, 0.3) is 5.56 Å². The third kappa shape index (κ3) is 7.29. The van der Waals surface area contributed by atoms with E-state index < -0.39 is 5.97 Å². The van der Waals surface area contributed by atoms with Crippen molar-refractivity contribution in [1.29, 1.82) is 0 Å². The van der Waals surface area contributed by atoms with E-state index in [2.05, 4.69) is 5.32 Å². The Kier molecular flexibility index (Phi) is 7.21. The molecule has 0 saturated carbocycles. The van der Waals surface area contributed by atoms with Crippen LogP contribution in [0.2, 0.25) is 0 Å². The van der Waals surface area contributed by atoms with Crippen LogP contribution in [0.4, 0.5) is 0 Å². The predicted octanol–water partition coefficient (Wildman–Crippen LogP) is 1.31. The second kappa shape index (κ2) is 8.94. The summed E-state index contributed by atoms with van der Waals surface area (Å²) in [6.45, 7) is 2.93. The molecule has 6 nitrogen and oxygen atoms in total. The van der Waals surface area contributed by atoms with Gasteiger partial charge in [-0.25, -0.2) is 0 Å². The van der Waals surface area contributed by atoms with Crippen molar-refractivity contribution < 1.29 is 14.7 Å². The van der Waals surface area contributed by atoms with Crippen LogP contribution in [-0.2, 0) is 16.1 Å². The lowest BCUT2D eigenvalue weighted by Crippen LogP contribution is -2.24. The minimum atomic E-state index is -0.854. The number of carbonyl (C=O) groups is 2. The summed E-state index contributed by atoms with van der Waals surface area (Å²) in [6, 6.07) is 3.33. The van der Waals surface area contributed by atoms with Crippen molar-refractivity contribution in [3.05, 3.63) is 34.2 Å². The van der Waals surface area contributed by atoms with Crippen LogP contribution in [0.25, 0.3) is 0 Å². The topological polar surface area (TPSA) is 88.4 Å². The molecule has 0 spiro atoms. The van der Waals surface area contributed by atoms with Crippen LogP contribution in [0, 0.1) is 6.92 Å². The van der Waals surface area contributed by atoms with E-state index >= 15 is 0 Å². The number of unbranched alkanes of at least 4 members (excludes halogenated alkanes) is 1. The number of nitrogens with zero attached hydrogens (tertiary/aromatic N) is 1.